The summed E-state index contributed by atoms with van der Waals surface area (Å²) in [6.07, 6.45) is 6.68. The van der Waals surface area contributed by atoms with Gasteiger partial charge in [-0.1, -0.05) is 6.42 Å². The zero-order valence-electron chi connectivity index (χ0n) is 14.7. The summed E-state index contributed by atoms with van der Waals surface area (Å²) in [5.74, 6) is 0.936. The van der Waals surface area contributed by atoms with Crippen molar-refractivity contribution < 1.29 is 0 Å². The van der Waals surface area contributed by atoms with Crippen LogP contribution in [0.1, 0.15) is 32.1 Å². The molecule has 24 heavy (non-hydrogen) atoms. The van der Waals surface area contributed by atoms with Gasteiger partial charge in [0.1, 0.15) is 5.82 Å². The van der Waals surface area contributed by atoms with Gasteiger partial charge in [0.25, 0.3) is 5.56 Å². The molecule has 2 aliphatic heterocycles. The molecule has 0 bridgehead atoms. The maximum atomic E-state index is 11.5. The number of nitrogens with zero attached hydrogens (tertiary/aromatic N) is 5. The van der Waals surface area contributed by atoms with Crippen molar-refractivity contribution in [1.29, 1.82) is 0 Å². The van der Waals surface area contributed by atoms with E-state index in [9.17, 15) is 4.79 Å². The third-order valence-corrected chi connectivity index (χ3v) is 6.19. The van der Waals surface area contributed by atoms with Gasteiger partial charge in [0.2, 0.25) is 0 Å². The molecule has 1 aromatic heterocycles. The quantitative estimate of drug-likeness (QED) is 0.824. The van der Waals surface area contributed by atoms with Crippen LogP contribution >= 0.6 is 0 Å². The number of aryl methyl sites for hydroxylation is 1. The Morgan fingerprint density at radius 2 is 1.46 bits per heavy atom. The van der Waals surface area contributed by atoms with Gasteiger partial charge in [0, 0.05) is 64.5 Å². The Labute approximate surface area is 144 Å². The third-order valence-electron chi connectivity index (χ3n) is 6.19. The van der Waals surface area contributed by atoms with Crippen molar-refractivity contribution in [1.82, 2.24) is 19.6 Å². The Kier molecular flexibility index (Phi) is 4.59. The fourth-order valence-electron chi connectivity index (χ4n) is 4.34. The molecule has 132 valence electrons. The summed E-state index contributed by atoms with van der Waals surface area (Å²) in [5, 5.41) is 4.39. The van der Waals surface area contributed by atoms with Crippen molar-refractivity contribution in [2.75, 3.05) is 44.2 Å². The van der Waals surface area contributed by atoms with Crippen LogP contribution in [0.25, 0.3) is 0 Å². The van der Waals surface area contributed by atoms with Crippen LogP contribution in [0.2, 0.25) is 0 Å². The molecule has 0 radical (unpaired) electrons. The smallest absolute Gasteiger partial charge is 0.266 e. The molecule has 0 spiro atoms. The van der Waals surface area contributed by atoms with Gasteiger partial charge in [-0.3, -0.25) is 14.6 Å². The van der Waals surface area contributed by atoms with Crippen molar-refractivity contribution in [2.45, 2.75) is 44.2 Å². The number of hydrogen-bond acceptors (Lipinski definition) is 5. The summed E-state index contributed by atoms with van der Waals surface area (Å²) in [6.45, 7) is 7.07. The minimum Gasteiger partial charge on any atom is -0.355 e. The van der Waals surface area contributed by atoms with E-state index in [1.54, 1.807) is 13.1 Å². The van der Waals surface area contributed by atoms with E-state index in [0.29, 0.717) is 0 Å². The van der Waals surface area contributed by atoms with Gasteiger partial charge in [-0.15, -0.1) is 0 Å². The molecule has 0 unspecified atom stereocenters. The standard InChI is InChI=1S/C18H29N5O/c1-20-18(24)6-5-17(19-20)23-9-7-16(8-10-23)22-13-11-21(12-14-22)15-3-2-4-15/h5-6,15-16H,2-4,7-14H2,1H3. The van der Waals surface area contributed by atoms with Crippen LogP contribution in [0.5, 0.6) is 0 Å². The zero-order valence-corrected chi connectivity index (χ0v) is 14.7. The molecule has 0 N–H and O–H groups in total. The summed E-state index contributed by atoms with van der Waals surface area (Å²) in [4.78, 5) is 19.2. The van der Waals surface area contributed by atoms with Crippen molar-refractivity contribution in [2.24, 2.45) is 7.05 Å². The number of rotatable bonds is 3. The Balaban J connectivity index is 1.28. The van der Waals surface area contributed by atoms with Gasteiger partial charge in [-0.25, -0.2) is 4.68 Å². The van der Waals surface area contributed by atoms with Crippen LogP contribution in [0.4, 0.5) is 5.82 Å². The molecule has 3 heterocycles. The van der Waals surface area contributed by atoms with Crippen LogP contribution in [-0.2, 0) is 7.05 Å². The van der Waals surface area contributed by atoms with Crippen molar-refractivity contribution in [3.05, 3.63) is 22.5 Å². The number of aromatic nitrogens is 2. The first-order valence-electron chi connectivity index (χ1n) is 9.48. The van der Waals surface area contributed by atoms with E-state index < -0.39 is 0 Å². The van der Waals surface area contributed by atoms with Gasteiger partial charge in [-0.2, -0.15) is 5.10 Å². The fraction of sp³-hybridized carbons (Fsp3) is 0.778. The highest BCUT2D eigenvalue weighted by Crippen LogP contribution is 2.27. The molecule has 3 aliphatic rings. The van der Waals surface area contributed by atoms with E-state index in [4.69, 9.17) is 0 Å². The van der Waals surface area contributed by atoms with Crippen LogP contribution in [0, 0.1) is 0 Å². The maximum Gasteiger partial charge on any atom is 0.266 e. The molecule has 1 saturated carbocycles. The predicted octanol–water partition coefficient (Wildman–Crippen LogP) is 0.919. The summed E-state index contributed by atoms with van der Waals surface area (Å²) in [7, 11) is 1.72. The molecular formula is C18H29N5O. The molecule has 2 saturated heterocycles. The lowest BCUT2D eigenvalue weighted by Crippen LogP contribution is -2.56. The zero-order chi connectivity index (χ0) is 16.5. The highest BCUT2D eigenvalue weighted by Gasteiger charge is 2.31. The second-order valence-electron chi connectivity index (χ2n) is 7.53. The lowest BCUT2D eigenvalue weighted by molar-refractivity contribution is 0.0373. The van der Waals surface area contributed by atoms with Gasteiger partial charge >= 0.3 is 0 Å². The molecule has 4 rings (SSSR count). The Bertz CT molecular complexity index is 610. The van der Waals surface area contributed by atoms with Crippen LogP contribution in [-0.4, -0.2) is 70.9 Å². The normalized spacial score (nSPS) is 25.0. The van der Waals surface area contributed by atoms with Gasteiger partial charge < -0.3 is 4.90 Å². The highest BCUT2D eigenvalue weighted by atomic mass is 16.1. The van der Waals surface area contributed by atoms with E-state index in [0.717, 1.165) is 31.0 Å². The molecule has 6 heteroatoms. The SMILES string of the molecule is Cn1nc(N2CCC(N3CCN(C4CCC4)CC3)CC2)ccc1=O. The predicted molar refractivity (Wildman–Crippen MR) is 95.5 cm³/mol. The van der Waals surface area contributed by atoms with Crippen LogP contribution in [0.3, 0.4) is 0 Å². The molecule has 1 aromatic rings. The summed E-state index contributed by atoms with van der Waals surface area (Å²) >= 11 is 0. The monoisotopic (exact) mass is 331 g/mol. The summed E-state index contributed by atoms with van der Waals surface area (Å²) in [6, 6.07) is 5.09. The summed E-state index contributed by atoms with van der Waals surface area (Å²) in [5.41, 5.74) is -0.0435. The van der Waals surface area contributed by atoms with E-state index in [1.807, 2.05) is 6.07 Å². The van der Waals surface area contributed by atoms with Crippen molar-refractivity contribution in [3.8, 4) is 0 Å². The second-order valence-corrected chi connectivity index (χ2v) is 7.53. The average molecular weight is 331 g/mol. The molecule has 0 amide bonds. The van der Waals surface area contributed by atoms with E-state index >= 15 is 0 Å². The molecule has 3 fully saturated rings. The largest absolute Gasteiger partial charge is 0.355 e. The van der Waals surface area contributed by atoms with Gasteiger partial charge in [0.15, 0.2) is 0 Å². The minimum absolute atomic E-state index is 0.0435. The second kappa shape index (κ2) is 6.84. The van der Waals surface area contributed by atoms with E-state index in [-0.39, 0.29) is 5.56 Å². The third kappa shape index (κ3) is 3.22. The first kappa shape index (κ1) is 16.1. The maximum absolute atomic E-state index is 11.5. The number of hydrogen-bond donors (Lipinski definition) is 0. The highest BCUT2D eigenvalue weighted by molar-refractivity contribution is 5.37. The fourth-order valence-corrected chi connectivity index (χ4v) is 4.34. The first-order valence-corrected chi connectivity index (χ1v) is 9.48. The van der Waals surface area contributed by atoms with Crippen LogP contribution in [0.15, 0.2) is 16.9 Å². The summed E-state index contributed by atoms with van der Waals surface area (Å²) < 4.78 is 1.43. The van der Waals surface area contributed by atoms with E-state index in [2.05, 4.69) is 19.8 Å². The van der Waals surface area contributed by atoms with Gasteiger partial charge in [-0.05, 0) is 31.7 Å². The topological polar surface area (TPSA) is 44.6 Å². The molecule has 1 aliphatic carbocycles. The van der Waals surface area contributed by atoms with Crippen molar-refractivity contribution in [3.63, 3.8) is 0 Å². The first-order chi connectivity index (χ1) is 11.7. The lowest BCUT2D eigenvalue weighted by atomic mass is 9.91. The van der Waals surface area contributed by atoms with E-state index in [1.165, 1.54) is 63.0 Å². The Morgan fingerprint density at radius 1 is 0.875 bits per heavy atom. The van der Waals surface area contributed by atoms with Crippen molar-refractivity contribution >= 4 is 5.82 Å². The Hall–Kier alpha value is -1.40. The lowest BCUT2D eigenvalue weighted by Gasteiger charge is -2.46. The number of piperidine rings is 1. The minimum atomic E-state index is -0.0435. The average Bonchev–Trinajstić information content (AvgIpc) is 2.57. The van der Waals surface area contributed by atoms with Gasteiger partial charge in [0.05, 0.1) is 0 Å². The number of piperazine rings is 1. The number of anilines is 1. The molecule has 6 nitrogen and oxygen atoms in total. The molecule has 0 aromatic carbocycles. The Morgan fingerprint density at radius 3 is 1.96 bits per heavy atom. The molecular weight excluding hydrogens is 302 g/mol. The molecule has 0 atom stereocenters. The van der Waals surface area contributed by atoms with Crippen LogP contribution < -0.4 is 10.5 Å².